The van der Waals surface area contributed by atoms with Crippen LogP contribution in [0.1, 0.15) is 11.4 Å². The monoisotopic (exact) mass is 292 g/mol. The van der Waals surface area contributed by atoms with Gasteiger partial charge < -0.3 is 0 Å². The van der Waals surface area contributed by atoms with Gasteiger partial charge in [0.15, 0.2) is 17.5 Å². The summed E-state index contributed by atoms with van der Waals surface area (Å²) in [6.07, 6.45) is 1.41. The summed E-state index contributed by atoms with van der Waals surface area (Å²) < 4.78 is 38.9. The first-order valence-electron chi connectivity index (χ1n) is 5.15. The number of aromatic nitrogens is 2. The normalized spacial score (nSPS) is 10.9. The van der Waals surface area contributed by atoms with E-state index in [1.54, 1.807) is 0 Å². The van der Waals surface area contributed by atoms with Crippen LogP contribution in [0.2, 0.25) is 0 Å². The van der Waals surface area contributed by atoms with E-state index in [1.807, 2.05) is 0 Å². The first-order valence-corrected chi connectivity index (χ1v) is 6.50. The molecule has 0 atom stereocenters. The van der Waals surface area contributed by atoms with Crippen LogP contribution >= 0.6 is 22.9 Å². The minimum atomic E-state index is -1.48. The Morgan fingerprint density at radius 3 is 2.39 bits per heavy atom. The summed E-state index contributed by atoms with van der Waals surface area (Å²) in [6, 6.07) is 1.81. The van der Waals surface area contributed by atoms with Gasteiger partial charge in [0.1, 0.15) is 10.0 Å². The zero-order valence-electron chi connectivity index (χ0n) is 9.09. The highest BCUT2D eigenvalue weighted by atomic mass is 35.5. The SMILES string of the molecule is Fc1cc(-c2nnc(CCCCl)s2)cc(F)c1F. The maximum absolute atomic E-state index is 13.1. The summed E-state index contributed by atoms with van der Waals surface area (Å²) in [5, 5.41) is 8.79. The molecule has 0 radical (unpaired) electrons. The molecule has 0 N–H and O–H groups in total. The number of hydrogen-bond acceptors (Lipinski definition) is 3. The summed E-state index contributed by atoms with van der Waals surface area (Å²) in [4.78, 5) is 0. The Hall–Kier alpha value is -1.14. The molecule has 0 unspecified atom stereocenters. The van der Waals surface area contributed by atoms with E-state index in [9.17, 15) is 13.2 Å². The Bertz CT molecular complexity index is 536. The van der Waals surface area contributed by atoms with Gasteiger partial charge in [-0.15, -0.1) is 21.8 Å². The molecule has 18 heavy (non-hydrogen) atoms. The maximum Gasteiger partial charge on any atom is 0.194 e. The third-order valence-electron chi connectivity index (χ3n) is 2.22. The predicted octanol–water partition coefficient (Wildman–Crippen LogP) is 3.79. The van der Waals surface area contributed by atoms with Gasteiger partial charge in [0.25, 0.3) is 0 Å². The molecule has 7 heteroatoms. The van der Waals surface area contributed by atoms with Crippen molar-refractivity contribution in [3.8, 4) is 10.6 Å². The third-order valence-corrected chi connectivity index (χ3v) is 3.52. The number of benzene rings is 1. The highest BCUT2D eigenvalue weighted by molar-refractivity contribution is 7.14. The molecule has 1 aromatic carbocycles. The molecular weight excluding hydrogens is 285 g/mol. The molecule has 0 fully saturated rings. The van der Waals surface area contributed by atoms with E-state index in [2.05, 4.69) is 10.2 Å². The number of alkyl halides is 1. The molecule has 0 bridgehead atoms. The van der Waals surface area contributed by atoms with Crippen molar-refractivity contribution in [1.82, 2.24) is 10.2 Å². The second kappa shape index (κ2) is 5.67. The molecule has 0 aliphatic heterocycles. The van der Waals surface area contributed by atoms with E-state index >= 15 is 0 Å². The van der Waals surface area contributed by atoms with Crippen LogP contribution in [-0.2, 0) is 6.42 Å². The Labute approximate surface area is 110 Å². The Morgan fingerprint density at radius 1 is 1.11 bits per heavy atom. The van der Waals surface area contributed by atoms with Gasteiger partial charge in [-0.25, -0.2) is 13.2 Å². The molecule has 1 heterocycles. The molecule has 0 saturated carbocycles. The summed E-state index contributed by atoms with van der Waals surface area (Å²) in [5.41, 5.74) is 0.182. The summed E-state index contributed by atoms with van der Waals surface area (Å²) in [6.45, 7) is 0. The number of halogens is 4. The zero-order chi connectivity index (χ0) is 13.1. The fourth-order valence-electron chi connectivity index (χ4n) is 1.37. The van der Waals surface area contributed by atoms with Crippen molar-refractivity contribution in [3.63, 3.8) is 0 Å². The van der Waals surface area contributed by atoms with Crippen molar-refractivity contribution in [2.75, 3.05) is 5.88 Å². The Morgan fingerprint density at radius 2 is 1.78 bits per heavy atom. The molecule has 2 rings (SSSR count). The van der Waals surface area contributed by atoms with E-state index in [1.165, 1.54) is 11.3 Å². The lowest BCUT2D eigenvalue weighted by atomic mass is 10.2. The molecule has 0 spiro atoms. The smallest absolute Gasteiger partial charge is 0.194 e. The van der Waals surface area contributed by atoms with Gasteiger partial charge >= 0.3 is 0 Å². The molecule has 2 aromatic rings. The highest BCUT2D eigenvalue weighted by Gasteiger charge is 2.14. The van der Waals surface area contributed by atoms with E-state index in [-0.39, 0.29) is 5.56 Å². The van der Waals surface area contributed by atoms with Gasteiger partial charge in [-0.1, -0.05) is 11.3 Å². The lowest BCUT2D eigenvalue weighted by Gasteiger charge is -1.98. The van der Waals surface area contributed by atoms with E-state index < -0.39 is 17.5 Å². The lowest BCUT2D eigenvalue weighted by Crippen LogP contribution is -1.91. The van der Waals surface area contributed by atoms with E-state index in [0.717, 1.165) is 23.6 Å². The quantitative estimate of drug-likeness (QED) is 0.633. The van der Waals surface area contributed by atoms with Crippen LogP contribution in [0.15, 0.2) is 12.1 Å². The van der Waals surface area contributed by atoms with Crippen molar-refractivity contribution in [2.45, 2.75) is 12.8 Å². The van der Waals surface area contributed by atoms with E-state index in [0.29, 0.717) is 17.3 Å². The van der Waals surface area contributed by atoms with Crippen LogP contribution in [0.4, 0.5) is 13.2 Å². The summed E-state index contributed by atoms with van der Waals surface area (Å²) in [5.74, 6) is -3.44. The molecule has 2 nitrogen and oxygen atoms in total. The number of hydrogen-bond donors (Lipinski definition) is 0. The molecule has 96 valence electrons. The zero-order valence-corrected chi connectivity index (χ0v) is 10.7. The van der Waals surface area contributed by atoms with Crippen LogP contribution in [-0.4, -0.2) is 16.1 Å². The van der Waals surface area contributed by atoms with Crippen LogP contribution < -0.4 is 0 Å². The van der Waals surface area contributed by atoms with Crippen LogP contribution in [0.3, 0.4) is 0 Å². The van der Waals surface area contributed by atoms with Gasteiger partial charge in [0.2, 0.25) is 0 Å². The van der Waals surface area contributed by atoms with Crippen LogP contribution in [0.5, 0.6) is 0 Å². The molecule has 0 saturated heterocycles. The first-order chi connectivity index (χ1) is 8.61. The average Bonchev–Trinajstić information content (AvgIpc) is 2.81. The number of rotatable bonds is 4. The van der Waals surface area contributed by atoms with Gasteiger partial charge in [-0.05, 0) is 18.6 Å². The topological polar surface area (TPSA) is 25.8 Å². The van der Waals surface area contributed by atoms with Crippen LogP contribution in [0, 0.1) is 17.5 Å². The fourth-order valence-corrected chi connectivity index (χ4v) is 2.37. The predicted molar refractivity (Wildman–Crippen MR) is 64.3 cm³/mol. The minimum absolute atomic E-state index is 0.182. The number of nitrogens with zero attached hydrogens (tertiary/aromatic N) is 2. The van der Waals surface area contributed by atoms with Gasteiger partial charge in [-0.3, -0.25) is 0 Å². The lowest BCUT2D eigenvalue weighted by molar-refractivity contribution is 0.447. The fraction of sp³-hybridized carbons (Fsp3) is 0.273. The van der Waals surface area contributed by atoms with E-state index in [4.69, 9.17) is 11.6 Å². The number of aryl methyl sites for hydroxylation is 1. The largest absolute Gasteiger partial charge is 0.204 e. The molecule has 1 aromatic heterocycles. The summed E-state index contributed by atoms with van der Waals surface area (Å²) in [7, 11) is 0. The Balaban J connectivity index is 2.28. The molecule has 0 aliphatic rings. The van der Waals surface area contributed by atoms with Gasteiger partial charge in [0.05, 0.1) is 0 Å². The van der Waals surface area contributed by atoms with Gasteiger partial charge in [-0.2, -0.15) is 0 Å². The third kappa shape index (κ3) is 2.81. The van der Waals surface area contributed by atoms with Crippen molar-refractivity contribution >= 4 is 22.9 Å². The van der Waals surface area contributed by atoms with Gasteiger partial charge in [0, 0.05) is 17.9 Å². The minimum Gasteiger partial charge on any atom is -0.204 e. The molecule has 0 aliphatic carbocycles. The molecule has 0 amide bonds. The second-order valence-corrected chi connectivity index (χ2v) is 4.99. The average molecular weight is 293 g/mol. The van der Waals surface area contributed by atoms with Crippen molar-refractivity contribution in [3.05, 3.63) is 34.6 Å². The Kier molecular flexibility index (Phi) is 4.19. The second-order valence-electron chi connectivity index (χ2n) is 3.55. The maximum atomic E-state index is 13.1. The van der Waals surface area contributed by atoms with Crippen molar-refractivity contribution in [2.24, 2.45) is 0 Å². The summed E-state index contributed by atoms with van der Waals surface area (Å²) >= 11 is 6.76. The molecular formula is C11H8ClF3N2S. The van der Waals surface area contributed by atoms with Crippen LogP contribution in [0.25, 0.3) is 10.6 Å². The van der Waals surface area contributed by atoms with Crippen molar-refractivity contribution in [1.29, 1.82) is 0 Å². The van der Waals surface area contributed by atoms with Crippen molar-refractivity contribution < 1.29 is 13.2 Å². The first kappa shape index (κ1) is 13.3. The standard InChI is InChI=1S/C11H8ClF3N2S/c12-3-1-2-9-16-17-11(18-9)6-4-7(13)10(15)8(14)5-6/h4-5H,1-3H2. The highest BCUT2D eigenvalue weighted by Crippen LogP contribution is 2.27.